The van der Waals surface area contributed by atoms with Crippen LogP contribution in [-0.2, 0) is 0 Å². The minimum Gasteiger partial charge on any atom is -0.367 e. The van der Waals surface area contributed by atoms with E-state index in [1.165, 1.54) is 11.1 Å². The number of aryl methyl sites for hydroxylation is 2. The van der Waals surface area contributed by atoms with E-state index in [-0.39, 0.29) is 0 Å². The zero-order valence-corrected chi connectivity index (χ0v) is 13.5. The summed E-state index contributed by atoms with van der Waals surface area (Å²) in [6.45, 7) is 10.4. The first-order valence-corrected chi connectivity index (χ1v) is 7.45. The second-order valence-electron chi connectivity index (χ2n) is 5.51. The normalized spacial score (nSPS) is 12.0. The van der Waals surface area contributed by atoms with Gasteiger partial charge in [0.05, 0.1) is 0 Å². The molecule has 0 bridgehead atoms. The third-order valence-electron chi connectivity index (χ3n) is 3.71. The van der Waals surface area contributed by atoms with Crippen molar-refractivity contribution in [2.45, 2.75) is 47.1 Å². The smallest absolute Gasteiger partial charge is 0.136 e. The molecule has 0 radical (unpaired) electrons. The lowest BCUT2D eigenvalue weighted by molar-refractivity contribution is 0.757. The predicted molar refractivity (Wildman–Crippen MR) is 89.3 cm³/mol. The maximum atomic E-state index is 4.47. The van der Waals surface area contributed by atoms with Gasteiger partial charge in [-0.15, -0.1) is 0 Å². The molecule has 21 heavy (non-hydrogen) atoms. The van der Waals surface area contributed by atoms with Crippen LogP contribution in [0.4, 0.5) is 17.3 Å². The fourth-order valence-corrected chi connectivity index (χ4v) is 2.08. The van der Waals surface area contributed by atoms with Gasteiger partial charge in [-0.25, -0.2) is 9.97 Å². The van der Waals surface area contributed by atoms with Gasteiger partial charge in [-0.05, 0) is 51.3 Å². The topological polar surface area (TPSA) is 49.8 Å². The Labute approximate surface area is 127 Å². The summed E-state index contributed by atoms with van der Waals surface area (Å²) >= 11 is 0. The summed E-state index contributed by atoms with van der Waals surface area (Å²) in [7, 11) is 0. The van der Waals surface area contributed by atoms with E-state index < -0.39 is 0 Å². The van der Waals surface area contributed by atoms with E-state index in [0.717, 1.165) is 29.6 Å². The van der Waals surface area contributed by atoms with Gasteiger partial charge in [0.15, 0.2) is 0 Å². The molecule has 0 saturated carbocycles. The molecule has 0 aliphatic rings. The number of hydrogen-bond acceptors (Lipinski definition) is 4. The van der Waals surface area contributed by atoms with Gasteiger partial charge in [0, 0.05) is 17.8 Å². The lowest BCUT2D eigenvalue weighted by Crippen LogP contribution is -2.15. The van der Waals surface area contributed by atoms with E-state index in [9.17, 15) is 0 Å². The van der Waals surface area contributed by atoms with Gasteiger partial charge in [-0.1, -0.05) is 19.1 Å². The summed E-state index contributed by atoms with van der Waals surface area (Å²) in [5.41, 5.74) is 3.59. The summed E-state index contributed by atoms with van der Waals surface area (Å²) in [5, 5.41) is 6.79. The third-order valence-corrected chi connectivity index (χ3v) is 3.71. The first-order valence-electron chi connectivity index (χ1n) is 7.45. The van der Waals surface area contributed by atoms with Crippen LogP contribution in [0.1, 0.15) is 37.2 Å². The van der Waals surface area contributed by atoms with Crippen LogP contribution >= 0.6 is 0 Å². The molecule has 0 saturated heterocycles. The van der Waals surface area contributed by atoms with Crippen molar-refractivity contribution in [3.05, 3.63) is 41.2 Å². The van der Waals surface area contributed by atoms with Crippen LogP contribution in [-0.4, -0.2) is 16.0 Å². The third kappa shape index (κ3) is 3.94. The second kappa shape index (κ2) is 6.57. The standard InChI is InChI=1S/C17H24N4/c1-6-12(3)18-16-10-17(20-14(5)19-16)21-15-9-7-8-11(2)13(15)4/h7-10,12H,6H2,1-5H3,(H2,18,19,20,21). The van der Waals surface area contributed by atoms with Crippen molar-refractivity contribution in [3.63, 3.8) is 0 Å². The first kappa shape index (κ1) is 15.3. The molecule has 2 rings (SSSR count). The van der Waals surface area contributed by atoms with Crippen LogP contribution in [0, 0.1) is 20.8 Å². The van der Waals surface area contributed by atoms with E-state index in [2.05, 4.69) is 66.5 Å². The summed E-state index contributed by atoms with van der Waals surface area (Å²) in [5.74, 6) is 2.45. The van der Waals surface area contributed by atoms with Gasteiger partial charge < -0.3 is 10.6 Å². The Morgan fingerprint density at radius 3 is 2.52 bits per heavy atom. The lowest BCUT2D eigenvalue weighted by Gasteiger charge is -2.15. The van der Waals surface area contributed by atoms with Crippen molar-refractivity contribution >= 4 is 17.3 Å². The van der Waals surface area contributed by atoms with E-state index >= 15 is 0 Å². The number of hydrogen-bond donors (Lipinski definition) is 2. The van der Waals surface area contributed by atoms with Crippen LogP contribution in [0.3, 0.4) is 0 Å². The summed E-state index contributed by atoms with van der Waals surface area (Å²) in [4.78, 5) is 8.91. The Morgan fingerprint density at radius 2 is 1.81 bits per heavy atom. The van der Waals surface area contributed by atoms with E-state index in [0.29, 0.717) is 6.04 Å². The Bertz CT molecular complexity index is 622. The zero-order valence-electron chi connectivity index (χ0n) is 13.5. The molecule has 0 spiro atoms. The molecule has 1 aromatic carbocycles. The average Bonchev–Trinajstić information content (AvgIpc) is 2.43. The number of benzene rings is 1. The zero-order chi connectivity index (χ0) is 15.4. The fourth-order valence-electron chi connectivity index (χ4n) is 2.08. The van der Waals surface area contributed by atoms with Crippen LogP contribution in [0.2, 0.25) is 0 Å². The molecule has 0 aliphatic heterocycles. The van der Waals surface area contributed by atoms with Gasteiger partial charge in [0.25, 0.3) is 0 Å². The van der Waals surface area contributed by atoms with Crippen molar-refractivity contribution < 1.29 is 0 Å². The Hall–Kier alpha value is -2.10. The van der Waals surface area contributed by atoms with Crippen LogP contribution in [0.5, 0.6) is 0 Å². The summed E-state index contributed by atoms with van der Waals surface area (Å²) in [6.07, 6.45) is 1.06. The lowest BCUT2D eigenvalue weighted by atomic mass is 10.1. The quantitative estimate of drug-likeness (QED) is 0.856. The predicted octanol–water partition coefficient (Wildman–Crippen LogP) is 4.36. The summed E-state index contributed by atoms with van der Waals surface area (Å²) < 4.78 is 0. The van der Waals surface area contributed by atoms with Crippen molar-refractivity contribution in [1.82, 2.24) is 9.97 Å². The monoisotopic (exact) mass is 284 g/mol. The molecular weight excluding hydrogens is 260 g/mol. The number of nitrogens with one attached hydrogen (secondary N) is 2. The molecule has 1 atom stereocenters. The molecule has 1 unspecified atom stereocenters. The Kier molecular flexibility index (Phi) is 4.78. The molecule has 0 amide bonds. The number of nitrogens with zero attached hydrogens (tertiary/aromatic N) is 2. The minimum atomic E-state index is 0.396. The summed E-state index contributed by atoms with van der Waals surface area (Å²) in [6, 6.07) is 8.59. The Morgan fingerprint density at radius 1 is 1.10 bits per heavy atom. The van der Waals surface area contributed by atoms with Crippen molar-refractivity contribution in [3.8, 4) is 0 Å². The molecule has 112 valence electrons. The molecule has 1 heterocycles. The maximum absolute atomic E-state index is 4.47. The molecule has 2 aromatic rings. The number of aromatic nitrogens is 2. The molecular formula is C17H24N4. The van der Waals surface area contributed by atoms with Crippen molar-refractivity contribution in [1.29, 1.82) is 0 Å². The molecule has 0 aliphatic carbocycles. The van der Waals surface area contributed by atoms with Crippen LogP contribution in [0.25, 0.3) is 0 Å². The molecule has 4 nitrogen and oxygen atoms in total. The first-order chi connectivity index (χ1) is 9.99. The van der Waals surface area contributed by atoms with Crippen LogP contribution < -0.4 is 10.6 Å². The van der Waals surface area contributed by atoms with E-state index in [1.54, 1.807) is 0 Å². The average molecular weight is 284 g/mol. The number of anilines is 3. The highest BCUT2D eigenvalue weighted by Crippen LogP contribution is 2.23. The van der Waals surface area contributed by atoms with E-state index in [4.69, 9.17) is 0 Å². The molecule has 1 aromatic heterocycles. The van der Waals surface area contributed by atoms with Crippen molar-refractivity contribution in [2.75, 3.05) is 10.6 Å². The minimum absolute atomic E-state index is 0.396. The van der Waals surface area contributed by atoms with Gasteiger partial charge in [0.1, 0.15) is 17.5 Å². The Balaban J connectivity index is 2.25. The second-order valence-corrected chi connectivity index (χ2v) is 5.51. The SMILES string of the molecule is CCC(C)Nc1cc(Nc2cccc(C)c2C)nc(C)n1. The fraction of sp³-hybridized carbons (Fsp3) is 0.412. The van der Waals surface area contributed by atoms with Crippen LogP contribution in [0.15, 0.2) is 24.3 Å². The highest BCUT2D eigenvalue weighted by molar-refractivity contribution is 5.63. The largest absolute Gasteiger partial charge is 0.367 e. The van der Waals surface area contributed by atoms with Gasteiger partial charge in [0.2, 0.25) is 0 Å². The molecule has 4 heteroatoms. The van der Waals surface area contributed by atoms with E-state index in [1.807, 2.05) is 13.0 Å². The van der Waals surface area contributed by atoms with Gasteiger partial charge >= 0.3 is 0 Å². The highest BCUT2D eigenvalue weighted by atomic mass is 15.1. The van der Waals surface area contributed by atoms with Gasteiger partial charge in [-0.3, -0.25) is 0 Å². The van der Waals surface area contributed by atoms with Gasteiger partial charge in [-0.2, -0.15) is 0 Å². The number of rotatable bonds is 5. The molecule has 2 N–H and O–H groups in total. The maximum Gasteiger partial charge on any atom is 0.136 e. The highest BCUT2D eigenvalue weighted by Gasteiger charge is 2.06. The molecule has 0 fully saturated rings. The van der Waals surface area contributed by atoms with Crippen molar-refractivity contribution in [2.24, 2.45) is 0 Å².